The van der Waals surface area contributed by atoms with E-state index in [1.54, 1.807) is 24.1 Å². The molecular weight excluding hydrogens is 230 g/mol. The van der Waals surface area contributed by atoms with Crippen LogP contribution in [0.1, 0.15) is 0 Å². The molecule has 5 nitrogen and oxygen atoms in total. The van der Waals surface area contributed by atoms with E-state index in [9.17, 15) is 5.11 Å². The molecule has 0 aliphatic heterocycles. The number of methoxy groups -OCH3 is 1. The van der Waals surface area contributed by atoms with Crippen molar-refractivity contribution in [3.63, 3.8) is 0 Å². The molecule has 0 unspecified atom stereocenters. The molecule has 0 spiro atoms. The van der Waals surface area contributed by atoms with Gasteiger partial charge in [0.25, 0.3) is 0 Å². The minimum atomic E-state index is -0.0286. The first-order valence-corrected chi connectivity index (χ1v) is 5.46. The number of aromatic hydroxyl groups is 1. The molecule has 0 saturated carbocycles. The van der Waals surface area contributed by atoms with Crippen LogP contribution in [0.4, 0.5) is 0 Å². The standard InChI is InChI=1S/C13H11N3O2/c1-18-11-5-3-2-4-10(11)16-8-14-9-6-7-12(17)15-13(9)16/h2-8H,1H3,(H,15,17). The zero-order valence-corrected chi connectivity index (χ0v) is 9.74. The van der Waals surface area contributed by atoms with Gasteiger partial charge in [-0.15, -0.1) is 0 Å². The van der Waals surface area contributed by atoms with Gasteiger partial charge in [0.15, 0.2) is 5.65 Å². The van der Waals surface area contributed by atoms with Crippen molar-refractivity contribution in [3.05, 3.63) is 42.7 Å². The van der Waals surface area contributed by atoms with Gasteiger partial charge < -0.3 is 9.84 Å². The Morgan fingerprint density at radius 3 is 2.83 bits per heavy atom. The van der Waals surface area contributed by atoms with Gasteiger partial charge in [0.05, 0.1) is 12.8 Å². The molecular formula is C13H11N3O2. The summed E-state index contributed by atoms with van der Waals surface area (Å²) in [6, 6.07) is 10.8. The van der Waals surface area contributed by atoms with Crippen molar-refractivity contribution in [2.24, 2.45) is 0 Å². The van der Waals surface area contributed by atoms with Crippen LogP contribution in [-0.2, 0) is 0 Å². The predicted molar refractivity (Wildman–Crippen MR) is 67.1 cm³/mol. The first kappa shape index (κ1) is 10.6. The number of pyridine rings is 1. The molecule has 0 radical (unpaired) electrons. The third kappa shape index (κ3) is 1.57. The fourth-order valence-electron chi connectivity index (χ4n) is 1.89. The average molecular weight is 241 g/mol. The number of imidazole rings is 1. The minimum absolute atomic E-state index is 0.0286. The van der Waals surface area contributed by atoms with Gasteiger partial charge >= 0.3 is 0 Å². The maximum atomic E-state index is 9.46. The SMILES string of the molecule is COc1ccccc1-n1cnc2ccc(O)nc21. The number of nitrogens with zero attached hydrogens (tertiary/aromatic N) is 3. The second-order valence-electron chi connectivity index (χ2n) is 3.80. The van der Waals surface area contributed by atoms with Crippen LogP contribution in [0.2, 0.25) is 0 Å². The first-order chi connectivity index (χ1) is 8.79. The smallest absolute Gasteiger partial charge is 0.212 e. The van der Waals surface area contributed by atoms with Crippen LogP contribution in [0.3, 0.4) is 0 Å². The Balaban J connectivity index is 2.28. The van der Waals surface area contributed by atoms with E-state index < -0.39 is 0 Å². The molecule has 0 atom stereocenters. The largest absolute Gasteiger partial charge is 0.495 e. The predicted octanol–water partition coefficient (Wildman–Crippen LogP) is 2.13. The van der Waals surface area contributed by atoms with Crippen molar-refractivity contribution < 1.29 is 9.84 Å². The molecule has 5 heteroatoms. The van der Waals surface area contributed by atoms with Crippen molar-refractivity contribution >= 4 is 11.2 Å². The molecule has 1 aromatic carbocycles. The highest BCUT2D eigenvalue weighted by atomic mass is 16.5. The van der Waals surface area contributed by atoms with Gasteiger partial charge in [0, 0.05) is 6.07 Å². The van der Waals surface area contributed by atoms with E-state index in [1.807, 2.05) is 24.3 Å². The van der Waals surface area contributed by atoms with E-state index in [1.165, 1.54) is 6.07 Å². The first-order valence-electron chi connectivity index (χ1n) is 5.46. The van der Waals surface area contributed by atoms with Gasteiger partial charge in [-0.2, -0.15) is 4.98 Å². The van der Waals surface area contributed by atoms with Crippen LogP contribution < -0.4 is 4.74 Å². The number of benzene rings is 1. The number of ether oxygens (including phenoxy) is 1. The van der Waals surface area contributed by atoms with Gasteiger partial charge in [-0.05, 0) is 18.2 Å². The maximum Gasteiger partial charge on any atom is 0.212 e. The molecule has 0 saturated heterocycles. The van der Waals surface area contributed by atoms with Crippen molar-refractivity contribution in [2.45, 2.75) is 0 Å². The summed E-state index contributed by atoms with van der Waals surface area (Å²) in [5.41, 5.74) is 2.15. The van der Waals surface area contributed by atoms with Crippen LogP contribution in [0.15, 0.2) is 42.7 Å². The lowest BCUT2D eigenvalue weighted by molar-refractivity contribution is 0.413. The Morgan fingerprint density at radius 2 is 2.00 bits per heavy atom. The second kappa shape index (κ2) is 4.03. The van der Waals surface area contributed by atoms with Gasteiger partial charge in [-0.3, -0.25) is 4.57 Å². The molecule has 0 fully saturated rings. The Bertz CT molecular complexity index is 706. The molecule has 0 aliphatic carbocycles. The zero-order valence-electron chi connectivity index (χ0n) is 9.74. The van der Waals surface area contributed by atoms with E-state index in [-0.39, 0.29) is 5.88 Å². The highest BCUT2D eigenvalue weighted by Gasteiger charge is 2.10. The number of rotatable bonds is 2. The Hall–Kier alpha value is -2.56. The van der Waals surface area contributed by atoms with E-state index in [2.05, 4.69) is 9.97 Å². The van der Waals surface area contributed by atoms with Crippen molar-refractivity contribution in [1.82, 2.24) is 14.5 Å². The molecule has 1 N–H and O–H groups in total. The van der Waals surface area contributed by atoms with Gasteiger partial charge in [0.1, 0.15) is 17.6 Å². The lowest BCUT2D eigenvalue weighted by Crippen LogP contribution is -1.97. The minimum Gasteiger partial charge on any atom is -0.495 e. The highest BCUT2D eigenvalue weighted by molar-refractivity contribution is 5.74. The van der Waals surface area contributed by atoms with Crippen LogP contribution in [0.25, 0.3) is 16.9 Å². The van der Waals surface area contributed by atoms with Gasteiger partial charge in [-0.25, -0.2) is 4.98 Å². The molecule has 3 aromatic rings. The maximum absolute atomic E-state index is 9.46. The third-order valence-corrected chi connectivity index (χ3v) is 2.73. The van der Waals surface area contributed by atoms with Crippen LogP contribution >= 0.6 is 0 Å². The van der Waals surface area contributed by atoms with Crippen molar-refractivity contribution in [1.29, 1.82) is 0 Å². The lowest BCUT2D eigenvalue weighted by atomic mass is 10.3. The average Bonchev–Trinajstić information content (AvgIpc) is 2.81. The quantitative estimate of drug-likeness (QED) is 0.746. The molecule has 18 heavy (non-hydrogen) atoms. The number of fused-ring (bicyclic) bond motifs is 1. The fraction of sp³-hybridized carbons (Fsp3) is 0.0769. The molecule has 0 bridgehead atoms. The summed E-state index contributed by atoms with van der Waals surface area (Å²) in [5.74, 6) is 0.695. The van der Waals surface area contributed by atoms with Crippen LogP contribution in [-0.4, -0.2) is 26.8 Å². The highest BCUT2D eigenvalue weighted by Crippen LogP contribution is 2.25. The third-order valence-electron chi connectivity index (χ3n) is 2.73. The number of para-hydroxylation sites is 2. The van der Waals surface area contributed by atoms with E-state index in [0.29, 0.717) is 5.65 Å². The second-order valence-corrected chi connectivity index (χ2v) is 3.80. The Labute approximate surface area is 103 Å². The molecule has 0 amide bonds. The topological polar surface area (TPSA) is 60.2 Å². The van der Waals surface area contributed by atoms with Crippen LogP contribution in [0.5, 0.6) is 11.6 Å². The summed E-state index contributed by atoms with van der Waals surface area (Å²) < 4.78 is 7.09. The van der Waals surface area contributed by atoms with Gasteiger partial charge in [0.2, 0.25) is 5.88 Å². The van der Waals surface area contributed by atoms with E-state index >= 15 is 0 Å². The number of hydrogen-bond donors (Lipinski definition) is 1. The lowest BCUT2D eigenvalue weighted by Gasteiger charge is -2.09. The summed E-state index contributed by atoms with van der Waals surface area (Å²) in [6.07, 6.45) is 1.66. The Kier molecular flexibility index (Phi) is 2.37. The van der Waals surface area contributed by atoms with Crippen molar-refractivity contribution in [3.8, 4) is 17.3 Å². The number of hydrogen-bond acceptors (Lipinski definition) is 4. The summed E-state index contributed by atoms with van der Waals surface area (Å²) in [6.45, 7) is 0. The molecule has 3 rings (SSSR count). The molecule has 90 valence electrons. The van der Waals surface area contributed by atoms with E-state index in [4.69, 9.17) is 4.74 Å². The fourth-order valence-corrected chi connectivity index (χ4v) is 1.89. The molecule has 0 aliphatic rings. The van der Waals surface area contributed by atoms with E-state index in [0.717, 1.165) is 17.0 Å². The number of aromatic nitrogens is 3. The van der Waals surface area contributed by atoms with Crippen LogP contribution in [0, 0.1) is 0 Å². The Morgan fingerprint density at radius 1 is 1.17 bits per heavy atom. The zero-order chi connectivity index (χ0) is 12.5. The normalized spacial score (nSPS) is 10.7. The van der Waals surface area contributed by atoms with Crippen molar-refractivity contribution in [2.75, 3.05) is 7.11 Å². The summed E-state index contributed by atoms with van der Waals surface area (Å²) in [5, 5.41) is 9.46. The van der Waals surface area contributed by atoms with Gasteiger partial charge in [-0.1, -0.05) is 12.1 Å². The summed E-state index contributed by atoms with van der Waals surface area (Å²) >= 11 is 0. The summed E-state index contributed by atoms with van der Waals surface area (Å²) in [7, 11) is 1.61. The summed E-state index contributed by atoms with van der Waals surface area (Å²) in [4.78, 5) is 8.33. The monoisotopic (exact) mass is 241 g/mol. The molecule has 2 heterocycles. The molecule has 2 aromatic heterocycles.